The lowest BCUT2D eigenvalue weighted by molar-refractivity contribution is -0.117. The Hall–Kier alpha value is -0.530. The molecule has 0 heterocycles. The number of hydrogen-bond acceptors (Lipinski definition) is 2. The number of hydrogen-bond donors (Lipinski definition) is 1. The number of carbonyl (C=O) groups is 1. The molecule has 0 aliphatic heterocycles. The van der Waals surface area contributed by atoms with Crippen LogP contribution in [-0.4, -0.2) is 37.0 Å². The Labute approximate surface area is 88.0 Å². The molecule has 0 saturated carbocycles. The lowest BCUT2D eigenvalue weighted by atomic mass is 10.1. The summed E-state index contributed by atoms with van der Waals surface area (Å²) >= 11 is 2.88. The molecular formula is C9H15BrN2O. The first-order valence-corrected chi connectivity index (χ1v) is 4.75. The van der Waals surface area contributed by atoms with E-state index in [-0.39, 0.29) is 11.4 Å². The van der Waals surface area contributed by atoms with Crippen molar-refractivity contribution in [1.29, 1.82) is 0 Å². The molecular weight excluding hydrogens is 232 g/mol. The molecule has 0 spiro atoms. The average Bonchev–Trinajstić information content (AvgIpc) is 1.81. The summed E-state index contributed by atoms with van der Waals surface area (Å²) in [5.74, 6) is 2.11. The monoisotopic (exact) mass is 246 g/mol. The summed E-state index contributed by atoms with van der Waals surface area (Å²) in [6.45, 7) is 4.70. The van der Waals surface area contributed by atoms with Gasteiger partial charge < -0.3 is 10.2 Å². The predicted molar refractivity (Wildman–Crippen MR) is 57.5 cm³/mol. The Morgan fingerprint density at radius 3 is 2.46 bits per heavy atom. The van der Waals surface area contributed by atoms with Gasteiger partial charge in [-0.2, -0.15) is 0 Å². The first-order chi connectivity index (χ1) is 5.87. The number of amides is 1. The lowest BCUT2D eigenvalue weighted by Crippen LogP contribution is -2.49. The van der Waals surface area contributed by atoms with Crippen molar-refractivity contribution < 1.29 is 4.79 Å². The smallest absolute Gasteiger partial charge is 0.297 e. The fraction of sp³-hybridized carbons (Fsp3) is 0.667. The van der Waals surface area contributed by atoms with E-state index in [0.717, 1.165) is 6.54 Å². The molecule has 1 amide bonds. The molecule has 0 rings (SSSR count). The minimum atomic E-state index is -0.260. The molecule has 1 N–H and O–H groups in total. The number of carbonyl (C=O) groups excluding carboxylic acids is 1. The molecule has 3 nitrogen and oxygen atoms in total. The number of nitrogens with one attached hydrogen (secondary N) is 1. The summed E-state index contributed by atoms with van der Waals surface area (Å²) in [5, 5.41) is 2.80. The highest BCUT2D eigenvalue weighted by molar-refractivity contribution is 9.12. The van der Waals surface area contributed by atoms with Crippen molar-refractivity contribution in [3.05, 3.63) is 0 Å². The third-order valence-electron chi connectivity index (χ3n) is 1.32. The molecule has 0 aromatic carbocycles. The van der Waals surface area contributed by atoms with Crippen LogP contribution >= 0.6 is 15.9 Å². The second kappa shape index (κ2) is 5.25. The van der Waals surface area contributed by atoms with Gasteiger partial charge in [-0.05, 0) is 32.8 Å². The van der Waals surface area contributed by atoms with E-state index >= 15 is 0 Å². The zero-order chi connectivity index (χ0) is 10.5. The third-order valence-corrected chi connectivity index (χ3v) is 1.52. The topological polar surface area (TPSA) is 32.3 Å². The zero-order valence-electron chi connectivity index (χ0n) is 8.44. The van der Waals surface area contributed by atoms with Crippen LogP contribution in [0.15, 0.2) is 0 Å². The number of likely N-dealkylation sites (N-methyl/N-ethyl adjacent to an activating group) is 1. The Kier molecular flexibility index (Phi) is 5.04. The van der Waals surface area contributed by atoms with Gasteiger partial charge in [0.25, 0.3) is 5.91 Å². The first kappa shape index (κ1) is 12.5. The van der Waals surface area contributed by atoms with E-state index in [4.69, 9.17) is 0 Å². The maximum Gasteiger partial charge on any atom is 0.297 e. The van der Waals surface area contributed by atoms with Gasteiger partial charge in [0.1, 0.15) is 0 Å². The van der Waals surface area contributed by atoms with Crippen LogP contribution in [0.5, 0.6) is 0 Å². The van der Waals surface area contributed by atoms with E-state index < -0.39 is 0 Å². The second-order valence-corrected chi connectivity index (χ2v) is 4.19. The average molecular weight is 247 g/mol. The number of nitrogens with zero attached hydrogens (tertiary/aromatic N) is 1. The lowest BCUT2D eigenvalue weighted by Gasteiger charge is -2.28. The van der Waals surface area contributed by atoms with E-state index in [1.54, 1.807) is 0 Å². The van der Waals surface area contributed by atoms with E-state index in [9.17, 15) is 4.79 Å². The second-order valence-electron chi connectivity index (χ2n) is 3.80. The van der Waals surface area contributed by atoms with Crippen molar-refractivity contribution in [3.8, 4) is 10.8 Å². The van der Waals surface area contributed by atoms with Crippen molar-refractivity contribution in [2.45, 2.75) is 19.4 Å². The van der Waals surface area contributed by atoms with Gasteiger partial charge in [-0.3, -0.25) is 4.79 Å². The zero-order valence-corrected chi connectivity index (χ0v) is 10.0. The molecule has 4 heteroatoms. The molecule has 0 atom stereocenters. The van der Waals surface area contributed by atoms with Crippen molar-refractivity contribution in [1.82, 2.24) is 10.2 Å². The van der Waals surface area contributed by atoms with Crippen molar-refractivity contribution in [3.63, 3.8) is 0 Å². The van der Waals surface area contributed by atoms with Crippen LogP contribution in [0.25, 0.3) is 0 Å². The first-order valence-electron chi connectivity index (χ1n) is 3.96. The summed E-state index contributed by atoms with van der Waals surface area (Å²) in [5.41, 5.74) is -0.253. The number of halogens is 1. The van der Waals surface area contributed by atoms with Gasteiger partial charge in [0.15, 0.2) is 0 Å². The quantitative estimate of drug-likeness (QED) is 0.748. The molecule has 0 fully saturated rings. The summed E-state index contributed by atoms with van der Waals surface area (Å²) < 4.78 is 0. The molecule has 0 aliphatic carbocycles. The predicted octanol–water partition coefficient (Wildman–Crippen LogP) is 0.799. The summed E-state index contributed by atoms with van der Waals surface area (Å²) in [7, 11) is 3.92. The molecule has 0 bridgehead atoms. The van der Waals surface area contributed by atoms with Crippen LogP contribution in [0.2, 0.25) is 0 Å². The van der Waals surface area contributed by atoms with E-state index in [1.807, 2.05) is 32.8 Å². The molecule has 0 unspecified atom stereocenters. The minimum Gasteiger partial charge on any atom is -0.339 e. The number of rotatable bonds is 3. The fourth-order valence-corrected chi connectivity index (χ4v) is 1.39. The molecule has 74 valence electrons. The third kappa shape index (κ3) is 6.62. The van der Waals surface area contributed by atoms with Crippen LogP contribution in [0.4, 0.5) is 0 Å². The standard InChI is InChI=1S/C9H15BrN2O/c1-9(2,7-12(3)4)11-8(13)5-6-10/h7H2,1-4H3,(H,11,13). The van der Waals surface area contributed by atoms with Crippen molar-refractivity contribution in [2.24, 2.45) is 0 Å². The largest absolute Gasteiger partial charge is 0.339 e. The Morgan fingerprint density at radius 1 is 1.54 bits per heavy atom. The minimum absolute atomic E-state index is 0.253. The van der Waals surface area contributed by atoms with Gasteiger partial charge in [0.2, 0.25) is 0 Å². The van der Waals surface area contributed by atoms with E-state index in [1.165, 1.54) is 0 Å². The van der Waals surface area contributed by atoms with Crippen LogP contribution < -0.4 is 5.32 Å². The van der Waals surface area contributed by atoms with Crippen LogP contribution in [-0.2, 0) is 4.79 Å². The molecule has 0 aromatic heterocycles. The highest BCUT2D eigenvalue weighted by atomic mass is 79.9. The van der Waals surface area contributed by atoms with Gasteiger partial charge >= 0.3 is 0 Å². The summed E-state index contributed by atoms with van der Waals surface area (Å²) in [6, 6.07) is 0. The van der Waals surface area contributed by atoms with Crippen LogP contribution in [0.3, 0.4) is 0 Å². The van der Waals surface area contributed by atoms with Gasteiger partial charge in [0, 0.05) is 33.9 Å². The van der Waals surface area contributed by atoms with Gasteiger partial charge in [-0.25, -0.2) is 0 Å². The van der Waals surface area contributed by atoms with Crippen molar-refractivity contribution >= 4 is 21.8 Å². The van der Waals surface area contributed by atoms with Gasteiger partial charge in [-0.15, -0.1) is 0 Å². The highest BCUT2D eigenvalue weighted by Gasteiger charge is 2.19. The molecule has 0 aliphatic rings. The highest BCUT2D eigenvalue weighted by Crippen LogP contribution is 2.02. The molecule has 0 saturated heterocycles. The molecule has 0 radical (unpaired) electrons. The van der Waals surface area contributed by atoms with E-state index in [0.29, 0.717) is 0 Å². The summed E-state index contributed by atoms with van der Waals surface area (Å²) in [6.07, 6.45) is 0. The summed E-state index contributed by atoms with van der Waals surface area (Å²) in [4.78, 5) is 15.5. The van der Waals surface area contributed by atoms with Gasteiger partial charge in [0.05, 0.1) is 0 Å². The SMILES string of the molecule is CN(C)CC(C)(C)NC(=O)C#CBr. The maximum atomic E-state index is 11.1. The molecule has 13 heavy (non-hydrogen) atoms. The molecule has 0 aromatic rings. The Bertz CT molecular complexity index is 238. The van der Waals surface area contributed by atoms with Crippen LogP contribution in [0, 0.1) is 10.8 Å². The van der Waals surface area contributed by atoms with Crippen molar-refractivity contribution in [2.75, 3.05) is 20.6 Å². The Balaban J connectivity index is 4.13. The fourth-order valence-electron chi connectivity index (χ4n) is 1.21. The Morgan fingerprint density at radius 2 is 2.08 bits per heavy atom. The van der Waals surface area contributed by atoms with Crippen LogP contribution in [0.1, 0.15) is 13.8 Å². The van der Waals surface area contributed by atoms with Gasteiger partial charge in [-0.1, -0.05) is 0 Å². The van der Waals surface area contributed by atoms with E-state index in [2.05, 4.69) is 32.0 Å². The normalized spacial score (nSPS) is 10.6. The maximum absolute atomic E-state index is 11.1.